The fourth-order valence-corrected chi connectivity index (χ4v) is 2.41. The zero-order chi connectivity index (χ0) is 15.6. The third-order valence-corrected chi connectivity index (χ3v) is 3.72. The number of nitro groups is 1. The third kappa shape index (κ3) is 3.23. The second kappa shape index (κ2) is 5.71. The van der Waals surface area contributed by atoms with E-state index in [4.69, 9.17) is 5.11 Å². The molecule has 1 heterocycles. The summed E-state index contributed by atoms with van der Waals surface area (Å²) in [6, 6.07) is 6.85. The molecule has 1 amide bonds. The second-order valence-electron chi connectivity index (χ2n) is 4.18. The van der Waals surface area contributed by atoms with Crippen molar-refractivity contribution in [1.82, 2.24) is 0 Å². The van der Waals surface area contributed by atoms with Crippen LogP contribution in [0, 0.1) is 17.0 Å². The van der Waals surface area contributed by atoms with E-state index in [0.717, 1.165) is 11.3 Å². The summed E-state index contributed by atoms with van der Waals surface area (Å²) in [5.74, 6) is -1.60. The Morgan fingerprint density at radius 1 is 1.29 bits per heavy atom. The molecule has 8 heteroatoms. The number of aryl methyl sites for hydroxylation is 1. The molecule has 2 rings (SSSR count). The minimum Gasteiger partial charge on any atom is -0.477 e. The number of carbonyl (C=O) groups excluding carboxylic acids is 1. The Balaban J connectivity index is 2.25. The Bertz CT molecular complexity index is 738. The van der Waals surface area contributed by atoms with Crippen LogP contribution in [0.25, 0.3) is 0 Å². The molecule has 7 nitrogen and oxygen atoms in total. The van der Waals surface area contributed by atoms with Crippen LogP contribution in [0.15, 0.2) is 30.3 Å². The SMILES string of the molecule is Cc1ccc([N+](=O)[O-])cc1C(=O)Nc1ccc(C(=O)O)s1. The summed E-state index contributed by atoms with van der Waals surface area (Å²) in [6.45, 7) is 1.66. The number of anilines is 1. The fourth-order valence-electron chi connectivity index (χ4n) is 1.67. The number of rotatable bonds is 4. The molecule has 0 saturated carbocycles. The molecule has 0 unspecified atom stereocenters. The van der Waals surface area contributed by atoms with Gasteiger partial charge < -0.3 is 10.4 Å². The van der Waals surface area contributed by atoms with Crippen LogP contribution in [-0.2, 0) is 0 Å². The van der Waals surface area contributed by atoms with E-state index in [1.807, 2.05) is 0 Å². The minimum atomic E-state index is -1.08. The van der Waals surface area contributed by atoms with Crippen molar-refractivity contribution in [1.29, 1.82) is 0 Å². The Labute approximate surface area is 123 Å². The number of carbonyl (C=O) groups is 2. The molecule has 0 bridgehead atoms. The highest BCUT2D eigenvalue weighted by atomic mass is 32.1. The maximum absolute atomic E-state index is 12.1. The number of nitrogens with zero attached hydrogens (tertiary/aromatic N) is 1. The van der Waals surface area contributed by atoms with Gasteiger partial charge in [-0.25, -0.2) is 4.79 Å². The molecule has 0 aliphatic carbocycles. The highest BCUT2D eigenvalue weighted by molar-refractivity contribution is 7.18. The van der Waals surface area contributed by atoms with Crippen molar-refractivity contribution in [2.75, 3.05) is 5.32 Å². The van der Waals surface area contributed by atoms with Crippen LogP contribution < -0.4 is 5.32 Å². The van der Waals surface area contributed by atoms with Gasteiger partial charge >= 0.3 is 5.97 Å². The predicted octanol–water partition coefficient (Wildman–Crippen LogP) is 2.92. The molecule has 108 valence electrons. The molecule has 0 aliphatic rings. The van der Waals surface area contributed by atoms with E-state index in [-0.39, 0.29) is 16.1 Å². The first-order valence-corrected chi connectivity index (χ1v) is 6.59. The molecule has 2 aromatic rings. The van der Waals surface area contributed by atoms with Gasteiger partial charge in [0, 0.05) is 17.7 Å². The van der Waals surface area contributed by atoms with E-state index in [0.29, 0.717) is 10.6 Å². The first kappa shape index (κ1) is 14.7. The largest absolute Gasteiger partial charge is 0.477 e. The van der Waals surface area contributed by atoms with E-state index in [1.54, 1.807) is 6.92 Å². The molecule has 0 atom stereocenters. The maximum Gasteiger partial charge on any atom is 0.345 e. The number of carboxylic acids is 1. The Morgan fingerprint density at radius 2 is 2.00 bits per heavy atom. The predicted molar refractivity (Wildman–Crippen MR) is 77.1 cm³/mol. The van der Waals surface area contributed by atoms with Gasteiger partial charge in [0.1, 0.15) is 4.88 Å². The molecule has 1 aromatic heterocycles. The Kier molecular flexibility index (Phi) is 3.99. The van der Waals surface area contributed by atoms with Gasteiger partial charge in [0.05, 0.1) is 9.92 Å². The van der Waals surface area contributed by atoms with Crippen molar-refractivity contribution >= 4 is 33.9 Å². The zero-order valence-electron chi connectivity index (χ0n) is 10.8. The lowest BCUT2D eigenvalue weighted by Gasteiger charge is -2.05. The smallest absolute Gasteiger partial charge is 0.345 e. The molecule has 21 heavy (non-hydrogen) atoms. The van der Waals surface area contributed by atoms with E-state index in [1.165, 1.54) is 30.3 Å². The number of thiophene rings is 1. The summed E-state index contributed by atoms with van der Waals surface area (Å²) in [6.07, 6.45) is 0. The number of nitro benzene ring substituents is 1. The Morgan fingerprint density at radius 3 is 2.57 bits per heavy atom. The second-order valence-corrected chi connectivity index (χ2v) is 5.26. The first-order chi connectivity index (χ1) is 9.88. The van der Waals surface area contributed by atoms with Crippen LogP contribution in [0.5, 0.6) is 0 Å². The van der Waals surface area contributed by atoms with Crippen LogP contribution in [-0.4, -0.2) is 21.9 Å². The van der Waals surface area contributed by atoms with Crippen molar-refractivity contribution in [2.45, 2.75) is 6.92 Å². The van der Waals surface area contributed by atoms with Gasteiger partial charge in [-0.3, -0.25) is 14.9 Å². The highest BCUT2D eigenvalue weighted by Crippen LogP contribution is 2.24. The summed E-state index contributed by atoms with van der Waals surface area (Å²) in [5, 5.41) is 22.4. The molecule has 0 aliphatic heterocycles. The standard InChI is InChI=1S/C13H10N2O5S/c1-7-2-3-8(15(19)20)6-9(7)12(16)14-11-5-4-10(21-11)13(17)18/h2-6H,1H3,(H,14,16)(H,17,18). The number of amides is 1. The van der Waals surface area contributed by atoms with Gasteiger partial charge in [-0.05, 0) is 24.6 Å². The van der Waals surface area contributed by atoms with Crippen molar-refractivity contribution in [3.63, 3.8) is 0 Å². The van der Waals surface area contributed by atoms with Gasteiger partial charge in [-0.15, -0.1) is 11.3 Å². The van der Waals surface area contributed by atoms with Crippen molar-refractivity contribution in [3.05, 3.63) is 56.5 Å². The van der Waals surface area contributed by atoms with Gasteiger partial charge in [0.25, 0.3) is 11.6 Å². The van der Waals surface area contributed by atoms with Crippen LogP contribution in [0.4, 0.5) is 10.7 Å². The lowest BCUT2D eigenvalue weighted by atomic mass is 10.1. The van der Waals surface area contributed by atoms with E-state index in [2.05, 4.69) is 5.32 Å². The molecule has 0 spiro atoms. The summed E-state index contributed by atoms with van der Waals surface area (Å²) >= 11 is 0.915. The number of hydrogen-bond donors (Lipinski definition) is 2. The normalized spacial score (nSPS) is 10.1. The molecule has 0 fully saturated rings. The third-order valence-electron chi connectivity index (χ3n) is 2.73. The lowest BCUT2D eigenvalue weighted by molar-refractivity contribution is -0.384. The number of hydrogen-bond acceptors (Lipinski definition) is 5. The number of carboxylic acid groups (broad SMARTS) is 1. The average molecular weight is 306 g/mol. The van der Waals surface area contributed by atoms with Crippen molar-refractivity contribution in [3.8, 4) is 0 Å². The number of benzene rings is 1. The molecule has 0 radical (unpaired) electrons. The molecule has 1 aromatic carbocycles. The monoisotopic (exact) mass is 306 g/mol. The number of aromatic carboxylic acids is 1. The molecular weight excluding hydrogens is 296 g/mol. The highest BCUT2D eigenvalue weighted by Gasteiger charge is 2.16. The van der Waals surface area contributed by atoms with Crippen molar-refractivity contribution < 1.29 is 19.6 Å². The van der Waals surface area contributed by atoms with Gasteiger partial charge in [0.2, 0.25) is 0 Å². The minimum absolute atomic E-state index is 0.0982. The van der Waals surface area contributed by atoms with Crippen LogP contribution in [0.1, 0.15) is 25.6 Å². The van der Waals surface area contributed by atoms with Crippen LogP contribution in [0.2, 0.25) is 0 Å². The Hall–Kier alpha value is -2.74. The topological polar surface area (TPSA) is 110 Å². The number of non-ortho nitro benzene ring substituents is 1. The number of nitrogens with one attached hydrogen (secondary N) is 1. The molecular formula is C13H10N2O5S. The van der Waals surface area contributed by atoms with Crippen molar-refractivity contribution in [2.24, 2.45) is 0 Å². The summed E-state index contributed by atoms with van der Waals surface area (Å²) < 4.78 is 0. The summed E-state index contributed by atoms with van der Waals surface area (Å²) in [4.78, 5) is 33.1. The van der Waals surface area contributed by atoms with Crippen LogP contribution >= 0.6 is 11.3 Å². The average Bonchev–Trinajstić information content (AvgIpc) is 2.87. The first-order valence-electron chi connectivity index (χ1n) is 5.78. The van der Waals surface area contributed by atoms with E-state index >= 15 is 0 Å². The zero-order valence-corrected chi connectivity index (χ0v) is 11.6. The molecule has 0 saturated heterocycles. The van der Waals surface area contributed by atoms with Crippen LogP contribution in [0.3, 0.4) is 0 Å². The van der Waals surface area contributed by atoms with Gasteiger partial charge in [-0.2, -0.15) is 0 Å². The van der Waals surface area contributed by atoms with E-state index in [9.17, 15) is 19.7 Å². The summed E-state index contributed by atoms with van der Waals surface area (Å²) in [5.41, 5.74) is 0.589. The van der Waals surface area contributed by atoms with E-state index < -0.39 is 16.8 Å². The quantitative estimate of drug-likeness (QED) is 0.666. The van der Waals surface area contributed by atoms with Gasteiger partial charge in [0.15, 0.2) is 0 Å². The fraction of sp³-hybridized carbons (Fsp3) is 0.0769. The maximum atomic E-state index is 12.1. The van der Waals surface area contributed by atoms with Gasteiger partial charge in [-0.1, -0.05) is 6.07 Å². The lowest BCUT2D eigenvalue weighted by Crippen LogP contribution is -2.12. The molecule has 2 N–H and O–H groups in total. The summed E-state index contributed by atoms with van der Waals surface area (Å²) in [7, 11) is 0.